The summed E-state index contributed by atoms with van der Waals surface area (Å²) in [5.74, 6) is 1.72. The van der Waals surface area contributed by atoms with E-state index < -0.39 is 0 Å². The van der Waals surface area contributed by atoms with E-state index in [9.17, 15) is 0 Å². The van der Waals surface area contributed by atoms with E-state index in [2.05, 4.69) is 49.8 Å². The Labute approximate surface area is 127 Å². The minimum absolute atomic E-state index is 0.166. The summed E-state index contributed by atoms with van der Waals surface area (Å²) >= 11 is 1.84. The Morgan fingerprint density at radius 2 is 2.00 bits per heavy atom. The Morgan fingerprint density at radius 3 is 2.55 bits per heavy atom. The number of thiazole rings is 1. The molecule has 3 nitrogen and oxygen atoms in total. The largest absolute Gasteiger partial charge is 0.348 e. The van der Waals surface area contributed by atoms with Crippen LogP contribution in [0.15, 0.2) is 6.20 Å². The lowest BCUT2D eigenvalue weighted by atomic mass is 9.87. The zero-order valence-electron chi connectivity index (χ0n) is 13.6. The van der Waals surface area contributed by atoms with Crippen LogP contribution in [0.5, 0.6) is 0 Å². The van der Waals surface area contributed by atoms with E-state index in [0.717, 1.165) is 18.4 Å². The molecule has 1 aliphatic heterocycles. The molecule has 0 spiro atoms. The zero-order chi connectivity index (χ0) is 14.8. The van der Waals surface area contributed by atoms with Crippen molar-refractivity contribution in [3.05, 3.63) is 11.1 Å². The third kappa shape index (κ3) is 4.45. The summed E-state index contributed by atoms with van der Waals surface area (Å²) in [5.41, 5.74) is 0.166. The Morgan fingerprint density at radius 1 is 1.35 bits per heavy atom. The molecule has 1 aromatic heterocycles. The van der Waals surface area contributed by atoms with Crippen molar-refractivity contribution in [2.24, 2.45) is 11.8 Å². The second-order valence-corrected chi connectivity index (χ2v) is 8.37. The van der Waals surface area contributed by atoms with Crippen LogP contribution in [0.2, 0.25) is 0 Å². The summed E-state index contributed by atoms with van der Waals surface area (Å²) in [4.78, 5) is 8.41. The van der Waals surface area contributed by atoms with Gasteiger partial charge in [0.15, 0.2) is 5.13 Å². The molecule has 1 aliphatic rings. The van der Waals surface area contributed by atoms with Crippen LogP contribution in [0, 0.1) is 11.8 Å². The van der Waals surface area contributed by atoms with E-state index in [4.69, 9.17) is 0 Å². The molecule has 0 saturated carbocycles. The lowest BCUT2D eigenvalue weighted by Gasteiger charge is -2.33. The third-order valence-electron chi connectivity index (χ3n) is 4.09. The first kappa shape index (κ1) is 15.8. The van der Waals surface area contributed by atoms with Gasteiger partial charge in [0, 0.05) is 36.2 Å². The van der Waals surface area contributed by atoms with Gasteiger partial charge in [-0.25, -0.2) is 4.98 Å². The lowest BCUT2D eigenvalue weighted by Crippen LogP contribution is -2.35. The van der Waals surface area contributed by atoms with Gasteiger partial charge in [-0.15, -0.1) is 11.3 Å². The first-order valence-electron chi connectivity index (χ1n) is 7.80. The van der Waals surface area contributed by atoms with Gasteiger partial charge in [0.2, 0.25) is 0 Å². The predicted molar refractivity (Wildman–Crippen MR) is 88.5 cm³/mol. The monoisotopic (exact) mass is 295 g/mol. The maximum Gasteiger partial charge on any atom is 0.185 e. The highest BCUT2D eigenvalue weighted by atomic mass is 32.1. The van der Waals surface area contributed by atoms with Gasteiger partial charge in [0.1, 0.15) is 0 Å². The van der Waals surface area contributed by atoms with Crippen LogP contribution in [0.4, 0.5) is 5.13 Å². The van der Waals surface area contributed by atoms with Gasteiger partial charge >= 0.3 is 0 Å². The molecule has 0 bridgehead atoms. The highest BCUT2D eigenvalue weighted by Gasteiger charge is 2.23. The highest BCUT2D eigenvalue weighted by molar-refractivity contribution is 7.15. The number of anilines is 1. The van der Waals surface area contributed by atoms with Gasteiger partial charge in [-0.3, -0.25) is 0 Å². The summed E-state index contributed by atoms with van der Waals surface area (Å²) in [6.45, 7) is 14.6. The van der Waals surface area contributed by atoms with Crippen LogP contribution in [-0.4, -0.2) is 23.6 Å². The van der Waals surface area contributed by atoms with Crippen molar-refractivity contribution >= 4 is 16.5 Å². The minimum Gasteiger partial charge on any atom is -0.348 e. The van der Waals surface area contributed by atoms with Crippen molar-refractivity contribution in [2.75, 3.05) is 18.0 Å². The van der Waals surface area contributed by atoms with Gasteiger partial charge in [-0.2, -0.15) is 0 Å². The van der Waals surface area contributed by atoms with Crippen LogP contribution < -0.4 is 10.2 Å². The fraction of sp³-hybridized carbons (Fsp3) is 0.812. The summed E-state index contributed by atoms with van der Waals surface area (Å²) in [6, 6.07) is 0. The number of hydrogen-bond acceptors (Lipinski definition) is 4. The molecule has 0 atom stereocenters. The van der Waals surface area contributed by atoms with E-state index in [1.165, 1.54) is 35.9 Å². The highest BCUT2D eigenvalue weighted by Crippen LogP contribution is 2.30. The van der Waals surface area contributed by atoms with Crippen molar-refractivity contribution in [3.8, 4) is 0 Å². The van der Waals surface area contributed by atoms with Gasteiger partial charge in [-0.05, 0) is 45.4 Å². The van der Waals surface area contributed by atoms with Crippen molar-refractivity contribution in [1.29, 1.82) is 0 Å². The molecule has 0 radical (unpaired) electrons. The second-order valence-electron chi connectivity index (χ2n) is 7.28. The normalized spacial score (nSPS) is 18.0. The molecule has 0 amide bonds. The quantitative estimate of drug-likeness (QED) is 0.913. The van der Waals surface area contributed by atoms with Crippen molar-refractivity contribution in [3.63, 3.8) is 0 Å². The second kappa shape index (κ2) is 6.44. The molecule has 4 heteroatoms. The molecule has 0 aromatic carbocycles. The van der Waals surface area contributed by atoms with Crippen molar-refractivity contribution in [1.82, 2.24) is 10.3 Å². The number of piperidine rings is 1. The van der Waals surface area contributed by atoms with Crippen molar-refractivity contribution < 1.29 is 0 Å². The summed E-state index contributed by atoms with van der Waals surface area (Å²) in [6.07, 6.45) is 4.66. The van der Waals surface area contributed by atoms with Crippen LogP contribution in [0.25, 0.3) is 0 Å². The zero-order valence-corrected chi connectivity index (χ0v) is 14.4. The topological polar surface area (TPSA) is 28.2 Å². The van der Waals surface area contributed by atoms with E-state index in [1.54, 1.807) is 0 Å². The predicted octanol–water partition coefficient (Wildman–Crippen LogP) is 3.90. The number of nitrogens with zero attached hydrogens (tertiary/aromatic N) is 2. The molecule has 0 unspecified atom stereocenters. The van der Waals surface area contributed by atoms with E-state index in [0.29, 0.717) is 0 Å². The number of rotatable bonds is 4. The average molecular weight is 295 g/mol. The molecule has 2 heterocycles. The molecule has 1 aromatic rings. The van der Waals surface area contributed by atoms with Crippen LogP contribution >= 0.6 is 11.3 Å². The molecule has 1 saturated heterocycles. The maximum absolute atomic E-state index is 4.61. The molecule has 1 N–H and O–H groups in total. The Hall–Kier alpha value is -0.610. The molecular formula is C16H29N3S. The number of nitrogens with one attached hydrogen (secondary N) is 1. The van der Waals surface area contributed by atoms with Gasteiger partial charge in [0.05, 0.1) is 0 Å². The number of aromatic nitrogens is 1. The average Bonchev–Trinajstić information content (AvgIpc) is 2.84. The maximum atomic E-state index is 4.61. The Balaban J connectivity index is 1.87. The van der Waals surface area contributed by atoms with Gasteiger partial charge in [0.25, 0.3) is 0 Å². The SMILES string of the molecule is CC(C)C1CCN(c2ncc(CNC(C)(C)C)s2)CC1. The number of hydrogen-bond donors (Lipinski definition) is 1. The van der Waals surface area contributed by atoms with Gasteiger partial charge in [-0.1, -0.05) is 13.8 Å². The first-order chi connectivity index (χ1) is 9.35. The molecule has 2 rings (SSSR count). The van der Waals surface area contributed by atoms with Crippen molar-refractivity contribution in [2.45, 2.75) is 59.5 Å². The van der Waals surface area contributed by atoms with Crippen LogP contribution in [-0.2, 0) is 6.54 Å². The Bertz CT molecular complexity index is 412. The smallest absolute Gasteiger partial charge is 0.185 e. The minimum atomic E-state index is 0.166. The fourth-order valence-electron chi connectivity index (χ4n) is 2.63. The third-order valence-corrected chi connectivity index (χ3v) is 5.15. The summed E-state index contributed by atoms with van der Waals surface area (Å²) in [5, 5.41) is 4.73. The lowest BCUT2D eigenvalue weighted by molar-refractivity contribution is 0.311. The van der Waals surface area contributed by atoms with E-state index in [1.807, 2.05) is 17.5 Å². The molecular weight excluding hydrogens is 266 g/mol. The summed E-state index contributed by atoms with van der Waals surface area (Å²) < 4.78 is 0. The Kier molecular flexibility index (Phi) is 5.08. The molecule has 1 fully saturated rings. The van der Waals surface area contributed by atoms with E-state index >= 15 is 0 Å². The standard InChI is InChI=1S/C16H29N3S/c1-12(2)13-6-8-19(9-7-13)15-17-10-14(20-15)11-18-16(3,4)5/h10,12-13,18H,6-9,11H2,1-5H3. The fourth-order valence-corrected chi connectivity index (χ4v) is 3.54. The summed E-state index contributed by atoms with van der Waals surface area (Å²) in [7, 11) is 0. The first-order valence-corrected chi connectivity index (χ1v) is 8.61. The van der Waals surface area contributed by atoms with Crippen LogP contribution in [0.1, 0.15) is 52.3 Å². The molecule has 0 aliphatic carbocycles. The molecule has 114 valence electrons. The van der Waals surface area contributed by atoms with Crippen LogP contribution in [0.3, 0.4) is 0 Å². The van der Waals surface area contributed by atoms with Gasteiger partial charge < -0.3 is 10.2 Å². The molecule has 20 heavy (non-hydrogen) atoms. The van der Waals surface area contributed by atoms with E-state index in [-0.39, 0.29) is 5.54 Å².